The van der Waals surface area contributed by atoms with Crippen LogP contribution in [-0.2, 0) is 26.2 Å². The van der Waals surface area contributed by atoms with Gasteiger partial charge in [-0.15, -0.1) is 0 Å². The van der Waals surface area contributed by atoms with Gasteiger partial charge in [0.25, 0.3) is 10.0 Å². The fourth-order valence-corrected chi connectivity index (χ4v) is 5.88. The summed E-state index contributed by atoms with van der Waals surface area (Å²) in [7, 11) is -4.16. The lowest BCUT2D eigenvalue weighted by Crippen LogP contribution is -2.52. The van der Waals surface area contributed by atoms with Crippen LogP contribution < -0.4 is 9.62 Å². The zero-order valence-corrected chi connectivity index (χ0v) is 24.6. The van der Waals surface area contributed by atoms with E-state index in [-0.39, 0.29) is 23.0 Å². The van der Waals surface area contributed by atoms with Crippen molar-refractivity contribution < 1.29 is 18.0 Å². The molecular weight excluding hydrogens is 557 g/mol. The van der Waals surface area contributed by atoms with Crippen molar-refractivity contribution in [3.05, 3.63) is 94.0 Å². The Morgan fingerprint density at radius 1 is 0.949 bits per heavy atom. The van der Waals surface area contributed by atoms with Crippen molar-refractivity contribution in [2.24, 2.45) is 0 Å². The Balaban J connectivity index is 2.06. The first kappa shape index (κ1) is 30.5. The summed E-state index contributed by atoms with van der Waals surface area (Å²) < 4.78 is 28.7. The lowest BCUT2D eigenvalue weighted by molar-refractivity contribution is -0.140. The van der Waals surface area contributed by atoms with Gasteiger partial charge in [0, 0.05) is 23.1 Å². The highest BCUT2D eigenvalue weighted by atomic mass is 35.5. The second-order valence-corrected chi connectivity index (χ2v) is 11.8. The highest BCUT2D eigenvalue weighted by molar-refractivity contribution is 7.92. The Labute approximate surface area is 240 Å². The van der Waals surface area contributed by atoms with Gasteiger partial charge in [0.1, 0.15) is 12.6 Å². The van der Waals surface area contributed by atoms with Crippen molar-refractivity contribution in [2.45, 2.75) is 51.1 Å². The fourth-order valence-electron chi connectivity index (χ4n) is 4.09. The zero-order valence-electron chi connectivity index (χ0n) is 22.2. The first-order valence-corrected chi connectivity index (χ1v) is 14.9. The van der Waals surface area contributed by atoms with Gasteiger partial charge in [0.15, 0.2) is 0 Å². The number of halogens is 2. The molecule has 2 amide bonds. The SMILES string of the molecule is CCCNC(=O)[C@H](CC)N(Cc1ccccc1Cl)C(=O)CN(c1cccc(Cl)c1)S(=O)(=O)c1ccc(C)cc1. The molecule has 1 atom stereocenters. The molecule has 0 saturated heterocycles. The van der Waals surface area contributed by atoms with Gasteiger partial charge in [-0.05, 0) is 61.7 Å². The van der Waals surface area contributed by atoms with Crippen molar-refractivity contribution in [2.75, 3.05) is 17.4 Å². The third-order valence-electron chi connectivity index (χ3n) is 6.22. The van der Waals surface area contributed by atoms with E-state index in [0.29, 0.717) is 28.6 Å². The van der Waals surface area contributed by atoms with Gasteiger partial charge in [-0.2, -0.15) is 0 Å². The molecule has 3 aromatic rings. The number of amides is 2. The Morgan fingerprint density at radius 3 is 2.26 bits per heavy atom. The summed E-state index contributed by atoms with van der Waals surface area (Å²) >= 11 is 12.6. The summed E-state index contributed by atoms with van der Waals surface area (Å²) in [5, 5.41) is 3.62. The number of sulfonamides is 1. The van der Waals surface area contributed by atoms with Crippen molar-refractivity contribution in [1.29, 1.82) is 0 Å². The van der Waals surface area contributed by atoms with Gasteiger partial charge in [-0.1, -0.05) is 79.0 Å². The maximum atomic E-state index is 14.0. The molecule has 0 aromatic heterocycles. The van der Waals surface area contributed by atoms with Crippen LogP contribution in [0.5, 0.6) is 0 Å². The first-order valence-electron chi connectivity index (χ1n) is 12.7. The van der Waals surface area contributed by atoms with Crippen LogP contribution in [0, 0.1) is 6.92 Å². The number of nitrogens with one attached hydrogen (secondary N) is 1. The topological polar surface area (TPSA) is 86.8 Å². The van der Waals surface area contributed by atoms with Crippen LogP contribution in [0.25, 0.3) is 0 Å². The second kappa shape index (κ2) is 13.8. The summed E-state index contributed by atoms with van der Waals surface area (Å²) in [5.74, 6) is -0.862. The summed E-state index contributed by atoms with van der Waals surface area (Å²) in [5.41, 5.74) is 1.77. The number of anilines is 1. The van der Waals surface area contributed by atoms with Crippen LogP contribution in [0.2, 0.25) is 10.0 Å². The average molecular weight is 591 g/mol. The molecule has 0 heterocycles. The summed E-state index contributed by atoms with van der Waals surface area (Å²) in [6.45, 7) is 5.55. The Hall–Kier alpha value is -3.07. The standard InChI is InChI=1S/C29H33Cl2N3O4S/c1-4-17-32-29(36)27(5-2)33(19-22-9-6-7-12-26(22)31)28(35)20-34(24-11-8-10-23(30)18-24)39(37,38)25-15-13-21(3)14-16-25/h6-16,18,27H,4-5,17,19-20H2,1-3H3,(H,32,36)/t27-/m0/s1. The molecule has 3 aromatic carbocycles. The van der Waals surface area contributed by atoms with Crippen molar-refractivity contribution in [1.82, 2.24) is 10.2 Å². The van der Waals surface area contributed by atoms with Gasteiger partial charge < -0.3 is 10.2 Å². The van der Waals surface area contributed by atoms with E-state index < -0.39 is 28.5 Å². The largest absolute Gasteiger partial charge is 0.354 e. The summed E-state index contributed by atoms with van der Waals surface area (Å²) in [6.07, 6.45) is 1.06. The molecule has 39 heavy (non-hydrogen) atoms. The molecule has 0 spiro atoms. The highest BCUT2D eigenvalue weighted by Crippen LogP contribution is 2.27. The second-order valence-electron chi connectivity index (χ2n) is 9.13. The molecule has 0 fully saturated rings. The van der Waals surface area contributed by atoms with E-state index in [9.17, 15) is 18.0 Å². The third kappa shape index (κ3) is 7.75. The number of rotatable bonds is 12. The number of benzene rings is 3. The molecule has 0 radical (unpaired) electrons. The van der Waals surface area contributed by atoms with E-state index in [4.69, 9.17) is 23.2 Å². The van der Waals surface area contributed by atoms with E-state index in [2.05, 4.69) is 5.32 Å². The molecule has 0 aliphatic heterocycles. The van der Waals surface area contributed by atoms with E-state index in [0.717, 1.165) is 16.3 Å². The molecule has 10 heteroatoms. The van der Waals surface area contributed by atoms with Crippen LogP contribution in [0.1, 0.15) is 37.8 Å². The van der Waals surface area contributed by atoms with Gasteiger partial charge in [0.2, 0.25) is 11.8 Å². The molecule has 0 aliphatic carbocycles. The Morgan fingerprint density at radius 2 is 1.64 bits per heavy atom. The predicted molar refractivity (Wildman–Crippen MR) is 157 cm³/mol. The van der Waals surface area contributed by atoms with Crippen molar-refractivity contribution >= 4 is 50.7 Å². The number of carbonyl (C=O) groups is 2. The minimum Gasteiger partial charge on any atom is -0.354 e. The molecule has 0 bridgehead atoms. The Kier molecular flexibility index (Phi) is 10.8. The monoisotopic (exact) mass is 589 g/mol. The average Bonchev–Trinajstić information content (AvgIpc) is 2.91. The number of aryl methyl sites for hydroxylation is 1. The lowest BCUT2D eigenvalue weighted by Gasteiger charge is -2.33. The van der Waals surface area contributed by atoms with Crippen molar-refractivity contribution in [3.8, 4) is 0 Å². The van der Waals surface area contributed by atoms with E-state index in [1.54, 1.807) is 61.5 Å². The summed E-state index contributed by atoms with van der Waals surface area (Å²) in [4.78, 5) is 28.6. The summed E-state index contributed by atoms with van der Waals surface area (Å²) in [6, 6.07) is 18.9. The van der Waals surface area contributed by atoms with E-state index in [1.165, 1.54) is 23.1 Å². The zero-order chi connectivity index (χ0) is 28.6. The number of hydrogen-bond acceptors (Lipinski definition) is 4. The molecule has 0 saturated carbocycles. The van der Waals surface area contributed by atoms with Crippen LogP contribution in [0.15, 0.2) is 77.7 Å². The number of hydrogen-bond donors (Lipinski definition) is 1. The maximum Gasteiger partial charge on any atom is 0.264 e. The molecule has 0 unspecified atom stereocenters. The lowest BCUT2D eigenvalue weighted by atomic mass is 10.1. The van der Waals surface area contributed by atoms with Gasteiger partial charge in [-0.3, -0.25) is 13.9 Å². The fraction of sp³-hybridized carbons (Fsp3) is 0.310. The minimum absolute atomic E-state index is 0.0323. The third-order valence-corrected chi connectivity index (χ3v) is 8.61. The minimum atomic E-state index is -4.16. The van der Waals surface area contributed by atoms with Crippen LogP contribution >= 0.6 is 23.2 Å². The Bertz CT molecular complexity index is 1400. The van der Waals surface area contributed by atoms with Crippen LogP contribution in [0.3, 0.4) is 0 Å². The smallest absolute Gasteiger partial charge is 0.264 e. The van der Waals surface area contributed by atoms with Gasteiger partial charge >= 0.3 is 0 Å². The number of nitrogens with zero attached hydrogens (tertiary/aromatic N) is 2. The van der Waals surface area contributed by atoms with E-state index >= 15 is 0 Å². The van der Waals surface area contributed by atoms with Crippen molar-refractivity contribution in [3.63, 3.8) is 0 Å². The van der Waals surface area contributed by atoms with E-state index in [1.807, 2.05) is 13.8 Å². The molecule has 208 valence electrons. The molecule has 1 N–H and O–H groups in total. The molecular formula is C29H33Cl2N3O4S. The molecule has 0 aliphatic rings. The van der Waals surface area contributed by atoms with Gasteiger partial charge in [0.05, 0.1) is 10.6 Å². The van der Waals surface area contributed by atoms with Crippen LogP contribution in [-0.4, -0.2) is 44.3 Å². The molecule has 7 nitrogen and oxygen atoms in total. The first-order chi connectivity index (χ1) is 18.6. The predicted octanol–water partition coefficient (Wildman–Crippen LogP) is 5.83. The normalized spacial score (nSPS) is 12.0. The number of carbonyl (C=O) groups excluding carboxylic acids is 2. The quantitative estimate of drug-likeness (QED) is 0.288. The maximum absolute atomic E-state index is 14.0. The van der Waals surface area contributed by atoms with Crippen LogP contribution in [0.4, 0.5) is 5.69 Å². The van der Waals surface area contributed by atoms with Gasteiger partial charge in [-0.25, -0.2) is 8.42 Å². The highest BCUT2D eigenvalue weighted by Gasteiger charge is 2.34. The molecule has 3 rings (SSSR count).